The molecule has 4 rings (SSSR count). The van der Waals surface area contributed by atoms with Gasteiger partial charge in [-0.1, -0.05) is 60.7 Å². The summed E-state index contributed by atoms with van der Waals surface area (Å²) in [5.74, 6) is -2.23. The Morgan fingerprint density at radius 3 is 1.42 bits per heavy atom. The van der Waals surface area contributed by atoms with Crippen molar-refractivity contribution in [2.45, 2.75) is 6.92 Å². The summed E-state index contributed by atoms with van der Waals surface area (Å²) in [5.41, 5.74) is 1.48. The minimum absolute atomic E-state index is 0.0730. The van der Waals surface area contributed by atoms with Crippen molar-refractivity contribution in [3.8, 4) is 22.6 Å². The summed E-state index contributed by atoms with van der Waals surface area (Å²) in [6.07, 6.45) is 2.33. The van der Waals surface area contributed by atoms with Crippen LogP contribution in [0.25, 0.3) is 22.6 Å². The number of carbonyl (C=O) groups is 4. The predicted molar refractivity (Wildman–Crippen MR) is 128 cm³/mol. The molecule has 0 amide bonds. The van der Waals surface area contributed by atoms with Crippen LogP contribution in [-0.2, 0) is 9.47 Å². The maximum Gasteiger partial charge on any atom is 0.342 e. The fourth-order valence-electron chi connectivity index (χ4n) is 3.35. The zero-order chi connectivity index (χ0) is 26.2. The summed E-state index contributed by atoms with van der Waals surface area (Å²) in [5, 5.41) is 9.00. The number of rotatable bonds is 6. The zero-order valence-electron chi connectivity index (χ0n) is 19.6. The molecule has 2 aromatic carbocycles. The molecule has 0 saturated heterocycles. The fraction of sp³-hybridized carbons (Fsp3) is 0.111. The van der Waals surface area contributed by atoms with Gasteiger partial charge in [0.1, 0.15) is 40.7 Å². The summed E-state index contributed by atoms with van der Waals surface area (Å²) in [6, 6.07) is 17.9. The molecule has 9 heteroatoms. The van der Waals surface area contributed by atoms with Gasteiger partial charge < -0.3 is 23.4 Å². The van der Waals surface area contributed by atoms with E-state index in [2.05, 4.69) is 4.74 Å². The number of ketones is 1. The van der Waals surface area contributed by atoms with E-state index in [-0.39, 0.29) is 33.8 Å². The number of Topliss-reactive ketones (excluding diaryl/α,β-unsaturated/α-hetero) is 1. The second kappa shape index (κ2) is 11.5. The first-order chi connectivity index (χ1) is 17.3. The van der Waals surface area contributed by atoms with Crippen LogP contribution < -0.4 is 0 Å². The number of carboxylic acids is 1. The molecule has 0 fully saturated rings. The van der Waals surface area contributed by atoms with E-state index >= 15 is 0 Å². The van der Waals surface area contributed by atoms with E-state index in [9.17, 15) is 19.2 Å². The number of ether oxygens (including phenoxy) is 2. The van der Waals surface area contributed by atoms with Crippen LogP contribution in [0.2, 0.25) is 0 Å². The van der Waals surface area contributed by atoms with Crippen LogP contribution in [0.4, 0.5) is 0 Å². The van der Waals surface area contributed by atoms with Crippen LogP contribution in [0.3, 0.4) is 0 Å². The van der Waals surface area contributed by atoms with Crippen molar-refractivity contribution in [1.82, 2.24) is 0 Å². The monoisotopic (exact) mass is 490 g/mol. The first kappa shape index (κ1) is 25.7. The highest BCUT2D eigenvalue weighted by atomic mass is 16.5. The number of carbonyl (C=O) groups excluding carboxylic acids is 3. The van der Waals surface area contributed by atoms with Gasteiger partial charge in [-0.3, -0.25) is 4.79 Å². The Morgan fingerprint density at radius 2 is 1.06 bits per heavy atom. The van der Waals surface area contributed by atoms with Crippen molar-refractivity contribution in [3.63, 3.8) is 0 Å². The van der Waals surface area contributed by atoms with Crippen molar-refractivity contribution in [2.75, 3.05) is 14.2 Å². The molecule has 0 aliphatic carbocycles. The van der Waals surface area contributed by atoms with E-state index in [1.807, 2.05) is 24.3 Å². The Hall–Kier alpha value is -4.92. The van der Waals surface area contributed by atoms with E-state index in [1.165, 1.54) is 27.4 Å². The van der Waals surface area contributed by atoms with Crippen molar-refractivity contribution in [3.05, 3.63) is 95.4 Å². The number of furan rings is 2. The molecule has 4 aromatic rings. The van der Waals surface area contributed by atoms with E-state index in [4.69, 9.17) is 18.7 Å². The third-order valence-electron chi connectivity index (χ3n) is 5.04. The topological polar surface area (TPSA) is 133 Å². The number of methoxy groups -OCH3 is 2. The molecule has 9 nitrogen and oxygen atoms in total. The van der Waals surface area contributed by atoms with Gasteiger partial charge in [0.15, 0.2) is 5.78 Å². The van der Waals surface area contributed by atoms with Crippen LogP contribution in [0.1, 0.15) is 48.4 Å². The lowest BCUT2D eigenvalue weighted by molar-refractivity contribution is 0.0583. The molecule has 184 valence electrons. The van der Waals surface area contributed by atoms with Crippen LogP contribution in [-0.4, -0.2) is 43.0 Å². The molecule has 0 aliphatic heterocycles. The van der Waals surface area contributed by atoms with Crippen molar-refractivity contribution >= 4 is 23.7 Å². The van der Waals surface area contributed by atoms with Gasteiger partial charge in [-0.25, -0.2) is 14.4 Å². The molecule has 2 aromatic heterocycles. The summed E-state index contributed by atoms with van der Waals surface area (Å²) >= 11 is 0. The maximum absolute atomic E-state index is 11.8. The molecular formula is C27H22O9. The lowest BCUT2D eigenvalue weighted by Crippen LogP contribution is -2.08. The van der Waals surface area contributed by atoms with Gasteiger partial charge >= 0.3 is 17.9 Å². The summed E-state index contributed by atoms with van der Waals surface area (Å²) < 4.78 is 19.8. The van der Waals surface area contributed by atoms with Crippen molar-refractivity contribution in [1.29, 1.82) is 0 Å². The average molecular weight is 490 g/mol. The van der Waals surface area contributed by atoms with Gasteiger partial charge in [0.25, 0.3) is 0 Å². The first-order valence-electron chi connectivity index (χ1n) is 10.5. The van der Waals surface area contributed by atoms with Crippen molar-refractivity contribution in [2.24, 2.45) is 0 Å². The molecule has 36 heavy (non-hydrogen) atoms. The molecular weight excluding hydrogens is 468 g/mol. The molecule has 0 atom stereocenters. The van der Waals surface area contributed by atoms with Gasteiger partial charge in [-0.05, 0) is 6.92 Å². The normalized spacial score (nSPS) is 10.1. The molecule has 2 heterocycles. The minimum atomic E-state index is -1.23. The molecule has 0 aliphatic rings. The SMILES string of the molecule is COC(=O)c1c(C(=O)O)coc1-c1ccccc1.COC(=O)c1c(C(C)=O)coc1-c1ccccc1. The van der Waals surface area contributed by atoms with E-state index in [0.717, 1.165) is 11.8 Å². The molecule has 0 saturated carbocycles. The van der Waals surface area contributed by atoms with Gasteiger partial charge in [0.2, 0.25) is 0 Å². The van der Waals surface area contributed by atoms with Crippen molar-refractivity contribution < 1.29 is 42.6 Å². The minimum Gasteiger partial charge on any atom is -0.478 e. The van der Waals surface area contributed by atoms with Crippen LogP contribution in [0.15, 0.2) is 82.0 Å². The first-order valence-corrected chi connectivity index (χ1v) is 10.5. The average Bonchev–Trinajstić information content (AvgIpc) is 3.55. The Balaban J connectivity index is 0.000000201. The van der Waals surface area contributed by atoms with E-state index in [1.54, 1.807) is 36.4 Å². The van der Waals surface area contributed by atoms with Gasteiger partial charge in [-0.2, -0.15) is 0 Å². The third kappa shape index (κ3) is 5.41. The summed E-state index contributed by atoms with van der Waals surface area (Å²) in [7, 11) is 2.46. The van der Waals surface area contributed by atoms with Gasteiger partial charge in [0.05, 0.1) is 19.8 Å². The number of carboxylic acid groups (broad SMARTS) is 1. The molecule has 1 N–H and O–H groups in total. The van der Waals surface area contributed by atoms with Crippen LogP contribution in [0.5, 0.6) is 0 Å². The highest BCUT2D eigenvalue weighted by molar-refractivity contribution is 6.08. The third-order valence-corrected chi connectivity index (χ3v) is 5.04. The molecule has 0 radical (unpaired) electrons. The molecule has 0 spiro atoms. The van der Waals surface area contributed by atoms with Gasteiger partial charge in [-0.15, -0.1) is 0 Å². The van der Waals surface area contributed by atoms with E-state index < -0.39 is 17.9 Å². The number of esters is 2. The smallest absolute Gasteiger partial charge is 0.342 e. The highest BCUT2D eigenvalue weighted by Crippen LogP contribution is 2.30. The van der Waals surface area contributed by atoms with Crippen LogP contribution >= 0.6 is 0 Å². The Labute approximate surface area is 205 Å². The number of benzene rings is 2. The lowest BCUT2D eigenvalue weighted by atomic mass is 10.0. The summed E-state index contributed by atoms with van der Waals surface area (Å²) in [4.78, 5) is 45.9. The van der Waals surface area contributed by atoms with Gasteiger partial charge in [0, 0.05) is 11.1 Å². The zero-order valence-corrected chi connectivity index (χ0v) is 19.6. The molecule has 0 bridgehead atoms. The largest absolute Gasteiger partial charge is 0.478 e. The number of aromatic carboxylic acids is 1. The highest BCUT2D eigenvalue weighted by Gasteiger charge is 2.26. The Kier molecular flexibility index (Phi) is 8.19. The quantitative estimate of drug-likeness (QED) is 0.280. The number of hydrogen-bond acceptors (Lipinski definition) is 8. The summed E-state index contributed by atoms with van der Waals surface area (Å²) in [6.45, 7) is 1.38. The van der Waals surface area contributed by atoms with E-state index in [0.29, 0.717) is 11.3 Å². The molecule has 0 unspecified atom stereocenters. The van der Waals surface area contributed by atoms with Crippen LogP contribution in [0, 0.1) is 0 Å². The standard InChI is InChI=1S/C14H12O4.C13H10O5/c1-9(15)11-8-18-13(12(11)14(16)17-2)10-6-4-3-5-7-10;1-17-13(16)10-9(12(14)15)7-18-11(10)8-5-3-2-4-6-8/h3-8H,1-2H3;2-7H,1H3,(H,14,15). The number of hydrogen-bond donors (Lipinski definition) is 1. The maximum atomic E-state index is 11.8. The Morgan fingerprint density at radius 1 is 0.667 bits per heavy atom. The Bertz CT molecular complexity index is 1270. The second-order valence-corrected chi connectivity index (χ2v) is 7.28. The predicted octanol–water partition coefficient (Wildman–Crippen LogP) is 5.37. The second-order valence-electron chi connectivity index (χ2n) is 7.28. The fourth-order valence-corrected chi connectivity index (χ4v) is 3.35. The lowest BCUT2D eigenvalue weighted by Gasteiger charge is -2.02.